The third-order valence-corrected chi connectivity index (χ3v) is 4.46. The summed E-state index contributed by atoms with van der Waals surface area (Å²) in [4.78, 5) is 35.6. The SMILES string of the molecule is CC(=O)NCCCC(C)(C)C1=C(C(=O)[O-])N2C(=O)[C@H]([C@@H](C)O)[C@H]2O1.[K+]. The number of hydrogen-bond donors (Lipinski definition) is 2. The van der Waals surface area contributed by atoms with Crippen LogP contribution in [-0.4, -0.2) is 46.7 Å². The summed E-state index contributed by atoms with van der Waals surface area (Å²) in [5, 5.41) is 23.9. The van der Waals surface area contributed by atoms with Crippen molar-refractivity contribution < 1.29 is 80.7 Å². The molecule has 0 unspecified atom stereocenters. The molecule has 134 valence electrons. The molecule has 2 aliphatic heterocycles. The van der Waals surface area contributed by atoms with Gasteiger partial charge in [-0.3, -0.25) is 14.5 Å². The van der Waals surface area contributed by atoms with Crippen molar-refractivity contribution in [3.63, 3.8) is 0 Å². The average molecular weight is 378 g/mol. The van der Waals surface area contributed by atoms with Crippen LogP contribution in [-0.2, 0) is 19.1 Å². The number of fused-ring (bicyclic) bond motifs is 1. The Morgan fingerprint density at radius 2 is 2.04 bits per heavy atom. The number of carboxylic acid groups (broad SMARTS) is 1. The van der Waals surface area contributed by atoms with Crippen molar-refractivity contribution in [2.45, 2.75) is 52.9 Å². The molecule has 0 aromatic rings. The predicted octanol–water partition coefficient (Wildman–Crippen LogP) is -3.91. The maximum Gasteiger partial charge on any atom is 1.00 e. The summed E-state index contributed by atoms with van der Waals surface area (Å²) in [5.74, 6) is -2.66. The van der Waals surface area contributed by atoms with Gasteiger partial charge in [0, 0.05) is 18.9 Å². The molecule has 2 heterocycles. The summed E-state index contributed by atoms with van der Waals surface area (Å²) in [5.41, 5.74) is -0.916. The van der Waals surface area contributed by atoms with Crippen LogP contribution in [0, 0.1) is 11.3 Å². The Balaban J connectivity index is 0.00000312. The van der Waals surface area contributed by atoms with Crippen LogP contribution >= 0.6 is 0 Å². The Hall–Kier alpha value is -0.454. The second-order valence-electron chi connectivity index (χ2n) is 6.92. The van der Waals surface area contributed by atoms with E-state index in [-0.39, 0.29) is 68.7 Å². The number of hydrogen-bond acceptors (Lipinski definition) is 6. The van der Waals surface area contributed by atoms with Gasteiger partial charge in [-0.2, -0.15) is 0 Å². The number of carbonyl (C=O) groups is 3. The number of nitrogens with one attached hydrogen (secondary N) is 1. The van der Waals surface area contributed by atoms with Crippen LogP contribution in [0.1, 0.15) is 40.5 Å². The molecule has 1 saturated heterocycles. The van der Waals surface area contributed by atoms with Crippen molar-refractivity contribution >= 4 is 17.8 Å². The molecule has 9 heteroatoms. The Bertz CT molecular complexity index is 601. The van der Waals surface area contributed by atoms with Gasteiger partial charge < -0.3 is 25.1 Å². The van der Waals surface area contributed by atoms with E-state index in [0.29, 0.717) is 19.4 Å². The molecule has 8 nitrogen and oxygen atoms in total. The Labute approximate surface area is 189 Å². The first-order chi connectivity index (χ1) is 11.1. The number of amides is 2. The van der Waals surface area contributed by atoms with Gasteiger partial charge in [-0.05, 0) is 19.8 Å². The van der Waals surface area contributed by atoms with E-state index in [0.717, 1.165) is 4.90 Å². The molecule has 2 N–H and O–H groups in total. The van der Waals surface area contributed by atoms with Crippen molar-refractivity contribution in [3.8, 4) is 0 Å². The number of aliphatic hydroxyl groups excluding tert-OH is 1. The molecule has 25 heavy (non-hydrogen) atoms. The monoisotopic (exact) mass is 378 g/mol. The van der Waals surface area contributed by atoms with E-state index >= 15 is 0 Å². The summed E-state index contributed by atoms with van der Waals surface area (Å²) in [6, 6.07) is 0. The minimum absolute atomic E-state index is 0. The zero-order valence-corrected chi connectivity index (χ0v) is 18.4. The van der Waals surface area contributed by atoms with E-state index in [2.05, 4.69) is 5.32 Å². The van der Waals surface area contributed by atoms with Gasteiger partial charge >= 0.3 is 51.4 Å². The molecule has 2 rings (SSSR count). The normalized spacial score (nSPS) is 23.2. The molecule has 1 fully saturated rings. The summed E-state index contributed by atoms with van der Waals surface area (Å²) >= 11 is 0. The Morgan fingerprint density at radius 3 is 2.52 bits per heavy atom. The van der Waals surface area contributed by atoms with Gasteiger partial charge in [0.25, 0.3) is 0 Å². The van der Waals surface area contributed by atoms with Gasteiger partial charge in [0.15, 0.2) is 6.23 Å². The smallest absolute Gasteiger partial charge is 0.543 e. The van der Waals surface area contributed by atoms with E-state index in [1.807, 2.05) is 13.8 Å². The standard InChI is InChI=1S/C16H24N2O6.K/c1-8(19)10-13(21)18-11(15(22)23)12(24-14(10)18)16(3,4)6-5-7-17-9(2)20;/h8,10,14,19H,5-7H2,1-4H3,(H,17,20)(H,22,23);/q;+1/p-1/t8-,10+,14-;/m1./s1. The Kier molecular flexibility index (Phi) is 7.67. The van der Waals surface area contributed by atoms with E-state index in [1.165, 1.54) is 13.8 Å². The zero-order valence-electron chi connectivity index (χ0n) is 15.3. The van der Waals surface area contributed by atoms with Crippen LogP contribution in [0.25, 0.3) is 0 Å². The fourth-order valence-corrected chi connectivity index (χ4v) is 3.16. The second kappa shape index (κ2) is 8.49. The fourth-order valence-electron chi connectivity index (χ4n) is 3.16. The zero-order chi connectivity index (χ0) is 18.2. The molecular weight excluding hydrogens is 355 g/mol. The molecule has 0 aromatic carbocycles. The third kappa shape index (κ3) is 4.45. The summed E-state index contributed by atoms with van der Waals surface area (Å²) in [6.07, 6.45) is -0.551. The first-order valence-electron chi connectivity index (χ1n) is 7.96. The molecule has 0 radical (unpaired) electrons. The number of aliphatic carboxylic acids is 1. The van der Waals surface area contributed by atoms with Crippen molar-refractivity contribution in [1.29, 1.82) is 0 Å². The fraction of sp³-hybridized carbons (Fsp3) is 0.688. The number of nitrogens with zero attached hydrogens (tertiary/aromatic N) is 1. The van der Waals surface area contributed by atoms with Gasteiger partial charge in [-0.15, -0.1) is 0 Å². The van der Waals surface area contributed by atoms with E-state index in [4.69, 9.17) is 4.74 Å². The minimum Gasteiger partial charge on any atom is -0.543 e. The number of carbonyl (C=O) groups excluding carboxylic acids is 3. The van der Waals surface area contributed by atoms with Gasteiger partial charge in [0.2, 0.25) is 11.8 Å². The maximum atomic E-state index is 12.1. The van der Waals surface area contributed by atoms with Crippen LogP contribution in [0.15, 0.2) is 11.5 Å². The largest absolute Gasteiger partial charge is 1.00 e. The maximum absolute atomic E-state index is 12.1. The number of rotatable bonds is 7. The topological polar surface area (TPSA) is 119 Å². The number of ether oxygens (including phenoxy) is 1. The van der Waals surface area contributed by atoms with Gasteiger partial charge in [0.05, 0.1) is 12.1 Å². The number of β-lactam (4-membered cyclic amide) rings is 1. The molecule has 0 spiro atoms. The van der Waals surface area contributed by atoms with Crippen molar-refractivity contribution in [1.82, 2.24) is 10.2 Å². The molecule has 0 bridgehead atoms. The van der Waals surface area contributed by atoms with Crippen molar-refractivity contribution in [2.24, 2.45) is 11.3 Å². The number of allylic oxidation sites excluding steroid dienone is 1. The van der Waals surface area contributed by atoms with Crippen molar-refractivity contribution in [2.75, 3.05) is 6.54 Å². The first kappa shape index (κ1) is 22.6. The molecule has 0 aliphatic carbocycles. The van der Waals surface area contributed by atoms with Gasteiger partial charge in [-0.25, -0.2) is 0 Å². The second-order valence-corrected chi connectivity index (χ2v) is 6.92. The number of aliphatic hydroxyl groups is 1. The van der Waals surface area contributed by atoms with Crippen LogP contribution in [0.2, 0.25) is 0 Å². The third-order valence-electron chi connectivity index (χ3n) is 4.46. The van der Waals surface area contributed by atoms with E-state index in [1.54, 1.807) is 0 Å². The average Bonchev–Trinajstić information content (AvgIpc) is 2.79. The van der Waals surface area contributed by atoms with E-state index in [9.17, 15) is 24.6 Å². The molecule has 0 saturated carbocycles. The molecule has 2 aliphatic rings. The molecular formula is C16H23KN2O6. The first-order valence-corrected chi connectivity index (χ1v) is 7.96. The van der Waals surface area contributed by atoms with E-state index < -0.39 is 35.5 Å². The molecule has 0 aromatic heterocycles. The summed E-state index contributed by atoms with van der Waals surface area (Å²) in [6.45, 7) is 6.99. The van der Waals surface area contributed by atoms with Crippen LogP contribution in [0.4, 0.5) is 0 Å². The van der Waals surface area contributed by atoms with Gasteiger partial charge in [0.1, 0.15) is 17.4 Å². The van der Waals surface area contributed by atoms with Crippen LogP contribution in [0.5, 0.6) is 0 Å². The minimum atomic E-state index is -1.47. The molecule has 2 amide bonds. The summed E-state index contributed by atoms with van der Waals surface area (Å²) in [7, 11) is 0. The van der Waals surface area contributed by atoms with Gasteiger partial charge in [-0.1, -0.05) is 13.8 Å². The van der Waals surface area contributed by atoms with Crippen LogP contribution in [0.3, 0.4) is 0 Å². The molecule has 3 atom stereocenters. The quantitative estimate of drug-likeness (QED) is 0.265. The van der Waals surface area contributed by atoms with Crippen LogP contribution < -0.4 is 61.8 Å². The summed E-state index contributed by atoms with van der Waals surface area (Å²) < 4.78 is 5.74. The number of carboxylic acids is 1. The predicted molar refractivity (Wildman–Crippen MR) is 80.6 cm³/mol. The Morgan fingerprint density at radius 1 is 1.44 bits per heavy atom. The van der Waals surface area contributed by atoms with Crippen molar-refractivity contribution in [3.05, 3.63) is 11.5 Å².